The van der Waals surface area contributed by atoms with Crippen LogP contribution >= 0.6 is 0 Å². The SMILES string of the molecule is COC(=O)C1=C(C(=O)OC)[C@@]2(C)CC[C@@H]3[C@@]4(C)CCC=C(C)[C@@H]4CC[C@@]3(C)C2=CC1. The average Bonchev–Trinajstić information content (AvgIpc) is 2.71. The van der Waals surface area contributed by atoms with Crippen molar-refractivity contribution in [3.8, 4) is 0 Å². The van der Waals surface area contributed by atoms with E-state index in [1.54, 1.807) is 5.57 Å². The molecule has 0 amide bonds. The molecular weight excluding hydrogens is 376 g/mol. The van der Waals surface area contributed by atoms with Gasteiger partial charge in [-0.3, -0.25) is 0 Å². The van der Waals surface area contributed by atoms with Gasteiger partial charge in [0.05, 0.1) is 25.4 Å². The summed E-state index contributed by atoms with van der Waals surface area (Å²) in [6.45, 7) is 9.40. The Bertz CT molecular complexity index is 877. The second kappa shape index (κ2) is 7.10. The number of esters is 2. The summed E-state index contributed by atoms with van der Waals surface area (Å²) in [5, 5.41) is 0. The van der Waals surface area contributed by atoms with Gasteiger partial charge in [0.2, 0.25) is 0 Å². The maximum Gasteiger partial charge on any atom is 0.335 e. The molecule has 0 aliphatic heterocycles. The summed E-state index contributed by atoms with van der Waals surface area (Å²) in [5.74, 6) is 0.453. The Kier molecular flexibility index (Phi) is 5.06. The Morgan fingerprint density at radius 3 is 2.33 bits per heavy atom. The summed E-state index contributed by atoms with van der Waals surface area (Å²) < 4.78 is 10.2. The number of rotatable bonds is 2. The lowest BCUT2D eigenvalue weighted by molar-refractivity contribution is -0.141. The minimum Gasteiger partial charge on any atom is -0.466 e. The van der Waals surface area contributed by atoms with E-state index in [2.05, 4.69) is 39.8 Å². The van der Waals surface area contributed by atoms with Crippen molar-refractivity contribution in [1.82, 2.24) is 0 Å². The van der Waals surface area contributed by atoms with Crippen molar-refractivity contribution in [3.63, 3.8) is 0 Å². The van der Waals surface area contributed by atoms with Crippen LogP contribution in [0.5, 0.6) is 0 Å². The van der Waals surface area contributed by atoms with Crippen molar-refractivity contribution in [2.75, 3.05) is 14.2 Å². The molecule has 0 aromatic carbocycles. The molecule has 0 radical (unpaired) electrons. The van der Waals surface area contributed by atoms with Gasteiger partial charge in [-0.1, -0.05) is 44.1 Å². The highest BCUT2D eigenvalue weighted by atomic mass is 16.5. The Hall–Kier alpha value is -1.84. The van der Waals surface area contributed by atoms with Gasteiger partial charge in [0, 0.05) is 5.41 Å². The van der Waals surface area contributed by atoms with Gasteiger partial charge in [-0.05, 0) is 74.5 Å². The summed E-state index contributed by atoms with van der Waals surface area (Å²) in [5.41, 5.74) is 3.78. The Balaban J connectivity index is 1.81. The highest BCUT2D eigenvalue weighted by Gasteiger charge is 2.62. The van der Waals surface area contributed by atoms with Crippen LogP contribution in [0.1, 0.15) is 72.6 Å². The van der Waals surface area contributed by atoms with Crippen LogP contribution in [0.4, 0.5) is 0 Å². The summed E-state index contributed by atoms with van der Waals surface area (Å²) in [7, 11) is 2.79. The van der Waals surface area contributed by atoms with E-state index in [-0.39, 0.29) is 11.4 Å². The molecule has 5 atom stereocenters. The van der Waals surface area contributed by atoms with E-state index >= 15 is 0 Å². The van der Waals surface area contributed by atoms with Crippen LogP contribution in [0, 0.1) is 28.1 Å². The molecule has 164 valence electrons. The molecule has 0 heterocycles. The van der Waals surface area contributed by atoms with Crippen molar-refractivity contribution in [2.45, 2.75) is 72.6 Å². The van der Waals surface area contributed by atoms with E-state index in [0.29, 0.717) is 34.8 Å². The predicted molar refractivity (Wildman–Crippen MR) is 117 cm³/mol. The molecule has 4 aliphatic carbocycles. The Morgan fingerprint density at radius 2 is 1.67 bits per heavy atom. The Morgan fingerprint density at radius 1 is 0.967 bits per heavy atom. The van der Waals surface area contributed by atoms with Gasteiger partial charge in [0.15, 0.2) is 0 Å². The second-order valence-electron chi connectivity index (χ2n) is 10.6. The Labute approximate surface area is 180 Å². The van der Waals surface area contributed by atoms with Crippen molar-refractivity contribution >= 4 is 11.9 Å². The number of hydrogen-bond acceptors (Lipinski definition) is 4. The van der Waals surface area contributed by atoms with Crippen LogP contribution in [0.15, 0.2) is 34.4 Å². The third-order valence-electron chi connectivity index (χ3n) is 9.34. The fraction of sp³-hybridized carbons (Fsp3) is 0.692. The lowest BCUT2D eigenvalue weighted by Gasteiger charge is -2.64. The van der Waals surface area contributed by atoms with Gasteiger partial charge in [-0.15, -0.1) is 0 Å². The molecule has 0 spiro atoms. The van der Waals surface area contributed by atoms with Gasteiger partial charge in [0.1, 0.15) is 0 Å². The molecule has 0 aromatic rings. The molecule has 0 unspecified atom stereocenters. The van der Waals surface area contributed by atoms with Gasteiger partial charge in [-0.25, -0.2) is 9.59 Å². The quantitative estimate of drug-likeness (QED) is 0.441. The maximum atomic E-state index is 12.9. The van der Waals surface area contributed by atoms with Gasteiger partial charge in [0.25, 0.3) is 0 Å². The van der Waals surface area contributed by atoms with Crippen LogP contribution in [-0.4, -0.2) is 26.2 Å². The number of allylic oxidation sites excluding steroid dienone is 4. The predicted octanol–water partition coefficient (Wildman–Crippen LogP) is 5.54. The van der Waals surface area contributed by atoms with Crippen molar-refractivity contribution in [2.24, 2.45) is 28.1 Å². The average molecular weight is 413 g/mol. The summed E-state index contributed by atoms with van der Waals surface area (Å²) in [6, 6.07) is 0. The first kappa shape index (κ1) is 21.4. The summed E-state index contributed by atoms with van der Waals surface area (Å²) in [6.07, 6.45) is 11.8. The standard InChI is InChI=1S/C26H36O4/c1-16-8-7-13-24(2)18(16)11-14-25(3)19-10-9-17(22(27)29-5)21(23(28)30-6)26(19,4)15-12-20(24)25/h8,10,18,20H,7,9,11-15H2,1-6H3/t18-,20+,24-,25-,26-/m0/s1. The van der Waals surface area contributed by atoms with E-state index < -0.39 is 11.4 Å². The summed E-state index contributed by atoms with van der Waals surface area (Å²) in [4.78, 5) is 25.5. The largest absolute Gasteiger partial charge is 0.466 e. The summed E-state index contributed by atoms with van der Waals surface area (Å²) >= 11 is 0. The highest BCUT2D eigenvalue weighted by Crippen LogP contribution is 2.70. The lowest BCUT2D eigenvalue weighted by Crippen LogP contribution is -2.56. The minimum absolute atomic E-state index is 0.0385. The maximum absolute atomic E-state index is 12.9. The first-order chi connectivity index (χ1) is 14.1. The molecule has 4 heteroatoms. The van der Waals surface area contributed by atoms with Crippen LogP contribution in [-0.2, 0) is 19.1 Å². The first-order valence-corrected chi connectivity index (χ1v) is 11.4. The molecule has 4 rings (SSSR count). The number of hydrogen-bond donors (Lipinski definition) is 0. The molecule has 2 fully saturated rings. The van der Waals surface area contributed by atoms with Gasteiger partial charge in [-0.2, -0.15) is 0 Å². The molecule has 0 aromatic heterocycles. The van der Waals surface area contributed by atoms with Crippen molar-refractivity contribution in [3.05, 3.63) is 34.4 Å². The van der Waals surface area contributed by atoms with Crippen LogP contribution in [0.3, 0.4) is 0 Å². The molecule has 4 aliphatic rings. The third kappa shape index (κ3) is 2.71. The molecule has 0 bridgehead atoms. The fourth-order valence-electron chi connectivity index (χ4n) is 8.05. The van der Waals surface area contributed by atoms with Crippen molar-refractivity contribution in [1.29, 1.82) is 0 Å². The van der Waals surface area contributed by atoms with E-state index in [1.807, 2.05) is 0 Å². The zero-order valence-corrected chi connectivity index (χ0v) is 19.4. The van der Waals surface area contributed by atoms with Gasteiger partial charge >= 0.3 is 11.9 Å². The molecule has 2 saturated carbocycles. The normalized spacial score (nSPS) is 40.3. The fourth-order valence-corrected chi connectivity index (χ4v) is 8.05. The van der Waals surface area contributed by atoms with E-state index in [9.17, 15) is 9.59 Å². The number of carbonyl (C=O) groups excluding carboxylic acids is 2. The van der Waals surface area contributed by atoms with Crippen LogP contribution < -0.4 is 0 Å². The molecule has 4 nitrogen and oxygen atoms in total. The zero-order valence-electron chi connectivity index (χ0n) is 19.4. The second-order valence-corrected chi connectivity index (χ2v) is 10.6. The van der Waals surface area contributed by atoms with Crippen LogP contribution in [0.2, 0.25) is 0 Å². The van der Waals surface area contributed by atoms with Gasteiger partial charge < -0.3 is 9.47 Å². The molecular formula is C26H36O4. The monoisotopic (exact) mass is 412 g/mol. The molecule has 30 heavy (non-hydrogen) atoms. The van der Waals surface area contributed by atoms with E-state index in [4.69, 9.17) is 9.47 Å². The smallest absolute Gasteiger partial charge is 0.335 e. The highest BCUT2D eigenvalue weighted by molar-refractivity contribution is 6.02. The number of carbonyl (C=O) groups is 2. The number of fused-ring (bicyclic) bond motifs is 5. The van der Waals surface area contributed by atoms with Crippen molar-refractivity contribution < 1.29 is 19.1 Å². The minimum atomic E-state index is -0.469. The molecule has 0 N–H and O–H groups in total. The van der Waals surface area contributed by atoms with Crippen LogP contribution in [0.25, 0.3) is 0 Å². The van der Waals surface area contributed by atoms with E-state index in [0.717, 1.165) is 19.3 Å². The third-order valence-corrected chi connectivity index (χ3v) is 9.34. The lowest BCUT2D eigenvalue weighted by atomic mass is 9.40. The number of ether oxygens (including phenoxy) is 2. The van der Waals surface area contributed by atoms with E-state index in [1.165, 1.54) is 39.1 Å². The topological polar surface area (TPSA) is 52.6 Å². The zero-order chi connectivity index (χ0) is 21.9. The molecule has 0 saturated heterocycles. The first-order valence-electron chi connectivity index (χ1n) is 11.4. The number of methoxy groups -OCH3 is 2.